The first kappa shape index (κ1) is 19.8. The van der Waals surface area contributed by atoms with Gasteiger partial charge in [0.25, 0.3) is 0 Å². The second-order valence-electron chi connectivity index (χ2n) is 6.19. The average Bonchev–Trinajstić information content (AvgIpc) is 2.68. The smallest absolute Gasteiger partial charge is 0.314 e. The molecule has 2 amide bonds. The lowest BCUT2D eigenvalue weighted by molar-refractivity contribution is 0.240. The predicted octanol–water partition coefficient (Wildman–Crippen LogP) is 3.09. The van der Waals surface area contributed by atoms with Gasteiger partial charge in [0, 0.05) is 19.7 Å². The van der Waals surface area contributed by atoms with E-state index in [9.17, 15) is 9.90 Å². The van der Waals surface area contributed by atoms with E-state index in [4.69, 9.17) is 4.74 Å². The number of urea groups is 1. The molecule has 2 rings (SSSR count). The van der Waals surface area contributed by atoms with Crippen LogP contribution in [0.15, 0.2) is 54.6 Å². The van der Waals surface area contributed by atoms with E-state index in [1.54, 1.807) is 7.11 Å². The Bertz CT molecular complexity index is 644. The van der Waals surface area contributed by atoms with E-state index in [-0.39, 0.29) is 18.6 Å². The van der Waals surface area contributed by atoms with Gasteiger partial charge in [0.2, 0.25) is 0 Å². The van der Waals surface area contributed by atoms with Gasteiger partial charge in [-0.1, -0.05) is 42.5 Å². The second kappa shape index (κ2) is 11.2. The molecule has 2 aromatic rings. The molecule has 0 fully saturated rings. The SMILES string of the molecule is COc1ccc(CCNC(=O)NCC[C@H](CCO)c2ccccc2)cc1. The lowest BCUT2D eigenvalue weighted by atomic mass is 9.93. The van der Waals surface area contributed by atoms with Crippen molar-refractivity contribution in [1.29, 1.82) is 0 Å². The molecule has 0 aromatic heterocycles. The van der Waals surface area contributed by atoms with Crippen LogP contribution >= 0.6 is 0 Å². The molecule has 0 heterocycles. The van der Waals surface area contributed by atoms with Crippen molar-refractivity contribution in [2.45, 2.75) is 25.2 Å². The van der Waals surface area contributed by atoms with Crippen molar-refractivity contribution in [3.63, 3.8) is 0 Å². The molecule has 0 saturated heterocycles. The first-order valence-corrected chi connectivity index (χ1v) is 9.03. The predicted molar refractivity (Wildman–Crippen MR) is 104 cm³/mol. The number of aliphatic hydroxyl groups is 1. The van der Waals surface area contributed by atoms with Gasteiger partial charge in [0.15, 0.2) is 0 Å². The molecule has 3 N–H and O–H groups in total. The summed E-state index contributed by atoms with van der Waals surface area (Å²) in [6.07, 6.45) is 2.27. The summed E-state index contributed by atoms with van der Waals surface area (Å²) in [4.78, 5) is 11.9. The molecule has 0 bridgehead atoms. The summed E-state index contributed by atoms with van der Waals surface area (Å²) in [5.74, 6) is 1.08. The molecule has 26 heavy (non-hydrogen) atoms. The molecule has 5 nitrogen and oxygen atoms in total. The highest BCUT2D eigenvalue weighted by Crippen LogP contribution is 2.22. The number of rotatable bonds is 10. The molecule has 5 heteroatoms. The number of nitrogens with one attached hydrogen (secondary N) is 2. The zero-order chi connectivity index (χ0) is 18.6. The maximum absolute atomic E-state index is 11.9. The molecule has 0 aliphatic carbocycles. The van der Waals surface area contributed by atoms with E-state index in [1.165, 1.54) is 5.56 Å². The van der Waals surface area contributed by atoms with E-state index in [2.05, 4.69) is 22.8 Å². The first-order valence-electron chi connectivity index (χ1n) is 9.03. The third-order valence-electron chi connectivity index (χ3n) is 4.39. The van der Waals surface area contributed by atoms with Gasteiger partial charge in [0.1, 0.15) is 5.75 Å². The van der Waals surface area contributed by atoms with Crippen molar-refractivity contribution < 1.29 is 14.6 Å². The van der Waals surface area contributed by atoms with Gasteiger partial charge in [-0.25, -0.2) is 4.79 Å². The van der Waals surface area contributed by atoms with E-state index in [0.29, 0.717) is 19.5 Å². The average molecular weight is 356 g/mol. The van der Waals surface area contributed by atoms with Crippen molar-refractivity contribution in [3.05, 3.63) is 65.7 Å². The number of methoxy groups -OCH3 is 1. The van der Waals surface area contributed by atoms with Crippen molar-refractivity contribution in [3.8, 4) is 5.75 Å². The van der Waals surface area contributed by atoms with Gasteiger partial charge in [-0.3, -0.25) is 0 Å². The number of hydrogen-bond donors (Lipinski definition) is 3. The summed E-state index contributed by atoms with van der Waals surface area (Å²) < 4.78 is 5.13. The van der Waals surface area contributed by atoms with Crippen LogP contribution in [0.3, 0.4) is 0 Å². The topological polar surface area (TPSA) is 70.6 Å². The van der Waals surface area contributed by atoms with Gasteiger partial charge in [-0.15, -0.1) is 0 Å². The summed E-state index contributed by atoms with van der Waals surface area (Å²) >= 11 is 0. The third kappa shape index (κ3) is 6.76. The molecule has 0 saturated carbocycles. The number of carbonyl (C=O) groups is 1. The van der Waals surface area contributed by atoms with Crippen LogP contribution in [0.1, 0.15) is 29.9 Å². The summed E-state index contributed by atoms with van der Waals surface area (Å²) in [5.41, 5.74) is 2.35. The summed E-state index contributed by atoms with van der Waals surface area (Å²) in [6.45, 7) is 1.30. The van der Waals surface area contributed by atoms with Crippen molar-refractivity contribution in [2.24, 2.45) is 0 Å². The zero-order valence-electron chi connectivity index (χ0n) is 15.3. The minimum atomic E-state index is -0.158. The quantitative estimate of drug-likeness (QED) is 0.613. The highest BCUT2D eigenvalue weighted by Gasteiger charge is 2.11. The van der Waals surface area contributed by atoms with Crippen molar-refractivity contribution in [1.82, 2.24) is 10.6 Å². The molecule has 0 radical (unpaired) electrons. The molecule has 140 valence electrons. The molecular weight excluding hydrogens is 328 g/mol. The number of benzene rings is 2. The van der Waals surface area contributed by atoms with E-state index in [1.807, 2.05) is 42.5 Å². The second-order valence-corrected chi connectivity index (χ2v) is 6.19. The van der Waals surface area contributed by atoms with E-state index >= 15 is 0 Å². The number of aliphatic hydroxyl groups excluding tert-OH is 1. The van der Waals surface area contributed by atoms with Gasteiger partial charge >= 0.3 is 6.03 Å². The summed E-state index contributed by atoms with van der Waals surface area (Å²) in [5, 5.41) is 15.0. The first-order chi connectivity index (χ1) is 12.7. The Labute approximate surface area is 155 Å². The zero-order valence-corrected chi connectivity index (χ0v) is 15.3. The van der Waals surface area contributed by atoms with Crippen LogP contribution in [-0.4, -0.2) is 37.9 Å². The number of ether oxygens (including phenoxy) is 1. The van der Waals surface area contributed by atoms with Crippen LogP contribution in [0.2, 0.25) is 0 Å². The van der Waals surface area contributed by atoms with E-state index < -0.39 is 0 Å². The van der Waals surface area contributed by atoms with Gasteiger partial charge in [0.05, 0.1) is 7.11 Å². The number of carbonyl (C=O) groups excluding carboxylic acids is 1. The highest BCUT2D eigenvalue weighted by atomic mass is 16.5. The fraction of sp³-hybridized carbons (Fsp3) is 0.381. The fourth-order valence-electron chi connectivity index (χ4n) is 2.89. The summed E-state index contributed by atoms with van der Waals surface area (Å²) in [7, 11) is 1.64. The minimum Gasteiger partial charge on any atom is -0.497 e. The Morgan fingerprint density at radius 2 is 1.69 bits per heavy atom. The maximum Gasteiger partial charge on any atom is 0.314 e. The van der Waals surface area contributed by atoms with Crippen molar-refractivity contribution >= 4 is 6.03 Å². The largest absolute Gasteiger partial charge is 0.497 e. The van der Waals surface area contributed by atoms with Crippen LogP contribution in [0.4, 0.5) is 4.79 Å². The standard InChI is InChI=1S/C21H28N2O3/c1-26-20-9-7-17(8-10-20)11-14-22-21(25)23-15-12-19(13-16-24)18-5-3-2-4-6-18/h2-10,19,24H,11-16H2,1H3,(H2,22,23,25)/t19-/m1/s1. The van der Waals surface area contributed by atoms with Crippen LogP contribution in [0.5, 0.6) is 5.75 Å². The maximum atomic E-state index is 11.9. The lowest BCUT2D eigenvalue weighted by Crippen LogP contribution is -2.37. The van der Waals surface area contributed by atoms with E-state index in [0.717, 1.165) is 24.2 Å². The highest BCUT2D eigenvalue weighted by molar-refractivity contribution is 5.73. The van der Waals surface area contributed by atoms with Gasteiger partial charge in [-0.05, 0) is 48.4 Å². The normalized spacial score (nSPS) is 11.6. The Morgan fingerprint density at radius 3 is 2.35 bits per heavy atom. The summed E-state index contributed by atoms with van der Waals surface area (Å²) in [6, 6.07) is 17.8. The molecule has 0 aliphatic rings. The Hall–Kier alpha value is -2.53. The fourth-order valence-corrected chi connectivity index (χ4v) is 2.89. The molecule has 2 aromatic carbocycles. The molecule has 1 atom stereocenters. The van der Waals surface area contributed by atoms with Gasteiger partial charge in [-0.2, -0.15) is 0 Å². The number of amides is 2. The molecule has 0 spiro atoms. The lowest BCUT2D eigenvalue weighted by Gasteiger charge is -2.17. The van der Waals surface area contributed by atoms with Crippen LogP contribution in [0, 0.1) is 0 Å². The van der Waals surface area contributed by atoms with Gasteiger partial charge < -0.3 is 20.5 Å². The van der Waals surface area contributed by atoms with Crippen molar-refractivity contribution in [2.75, 3.05) is 26.8 Å². The molecule has 0 aliphatic heterocycles. The van der Waals surface area contributed by atoms with Crippen LogP contribution in [-0.2, 0) is 6.42 Å². The minimum absolute atomic E-state index is 0.146. The molecular formula is C21H28N2O3. The Kier molecular flexibility index (Phi) is 8.49. The van der Waals surface area contributed by atoms with Crippen LogP contribution in [0.25, 0.3) is 0 Å². The van der Waals surface area contributed by atoms with Crippen LogP contribution < -0.4 is 15.4 Å². The number of hydrogen-bond acceptors (Lipinski definition) is 3. The Morgan fingerprint density at radius 1 is 1.00 bits per heavy atom. The monoisotopic (exact) mass is 356 g/mol. The Balaban J connectivity index is 1.67. The molecule has 0 unspecified atom stereocenters. The third-order valence-corrected chi connectivity index (χ3v) is 4.39.